The molecule has 2 aromatic rings. The number of carbonyl (C=O) groups is 1. The van der Waals surface area contributed by atoms with Crippen LogP contribution in [0.3, 0.4) is 0 Å². The molecule has 0 saturated heterocycles. The molecule has 5 nitrogen and oxygen atoms in total. The van der Waals surface area contributed by atoms with Gasteiger partial charge in [-0.25, -0.2) is 5.10 Å². The topological polar surface area (TPSA) is 70.7 Å². The molecule has 0 aliphatic carbocycles. The molecule has 0 bridgehead atoms. The van der Waals surface area contributed by atoms with Crippen molar-refractivity contribution in [2.75, 3.05) is 5.32 Å². The first kappa shape index (κ1) is 12.6. The number of nitrogens with zero attached hydrogens (tertiary/aromatic N) is 2. The van der Waals surface area contributed by atoms with Crippen LogP contribution in [0.4, 0.5) is 5.95 Å². The van der Waals surface area contributed by atoms with Gasteiger partial charge in [-0.3, -0.25) is 10.1 Å². The fourth-order valence-corrected chi connectivity index (χ4v) is 1.69. The van der Waals surface area contributed by atoms with Crippen molar-refractivity contribution in [3.05, 3.63) is 41.2 Å². The predicted octanol–water partition coefficient (Wildman–Crippen LogP) is 2.42. The maximum absolute atomic E-state index is 11.5. The molecule has 0 aliphatic rings. The van der Waals surface area contributed by atoms with E-state index < -0.39 is 0 Å². The van der Waals surface area contributed by atoms with Crippen LogP contribution in [0.2, 0.25) is 5.02 Å². The van der Waals surface area contributed by atoms with Crippen LogP contribution in [-0.2, 0) is 11.2 Å². The number of H-pyrrole nitrogens is 1. The highest BCUT2D eigenvalue weighted by molar-refractivity contribution is 6.30. The van der Waals surface area contributed by atoms with Gasteiger partial charge in [0.05, 0.1) is 0 Å². The quantitative estimate of drug-likeness (QED) is 0.871. The fraction of sp³-hybridized carbons (Fsp3) is 0.250. The lowest BCUT2D eigenvalue weighted by molar-refractivity contribution is -0.116. The molecule has 2 rings (SSSR count). The molecule has 1 heterocycles. The van der Waals surface area contributed by atoms with Gasteiger partial charge in [0.2, 0.25) is 11.9 Å². The summed E-state index contributed by atoms with van der Waals surface area (Å²) in [5.74, 6) is 0.312. The molecule has 0 aliphatic heterocycles. The Hall–Kier alpha value is -1.88. The first-order valence-corrected chi connectivity index (χ1v) is 6.01. The number of halogens is 1. The summed E-state index contributed by atoms with van der Waals surface area (Å²) in [5, 5.41) is 9.57. The Morgan fingerprint density at radius 3 is 2.78 bits per heavy atom. The lowest BCUT2D eigenvalue weighted by atomic mass is 10.1. The summed E-state index contributed by atoms with van der Waals surface area (Å²) in [4.78, 5) is 15.4. The van der Waals surface area contributed by atoms with E-state index in [9.17, 15) is 4.79 Å². The lowest BCUT2D eigenvalue weighted by Crippen LogP contribution is -2.12. The lowest BCUT2D eigenvalue weighted by Gasteiger charge is -2.02. The van der Waals surface area contributed by atoms with Gasteiger partial charge in [-0.1, -0.05) is 23.7 Å². The van der Waals surface area contributed by atoms with Gasteiger partial charge >= 0.3 is 0 Å². The van der Waals surface area contributed by atoms with E-state index in [4.69, 9.17) is 11.6 Å². The summed E-state index contributed by atoms with van der Waals surface area (Å²) >= 11 is 5.80. The number of carbonyl (C=O) groups excluding carboxylic acids is 1. The van der Waals surface area contributed by atoms with E-state index in [1.165, 1.54) is 11.9 Å². The van der Waals surface area contributed by atoms with Crippen molar-refractivity contribution in [3.8, 4) is 0 Å². The number of nitrogens with one attached hydrogen (secondary N) is 2. The summed E-state index contributed by atoms with van der Waals surface area (Å²) in [5.41, 5.74) is 1.17. The Morgan fingerprint density at radius 2 is 2.11 bits per heavy atom. The van der Waals surface area contributed by atoms with Crippen molar-refractivity contribution in [2.45, 2.75) is 19.3 Å². The molecule has 1 amide bonds. The van der Waals surface area contributed by atoms with Crippen LogP contribution in [0.5, 0.6) is 0 Å². The molecule has 0 saturated carbocycles. The maximum Gasteiger partial charge on any atom is 0.226 e. The number of aromatic nitrogens is 3. The van der Waals surface area contributed by atoms with Gasteiger partial charge in [0, 0.05) is 11.4 Å². The molecule has 1 aromatic carbocycles. The minimum atomic E-state index is -0.0688. The molecule has 0 spiro atoms. The van der Waals surface area contributed by atoms with Crippen LogP contribution in [0, 0.1) is 0 Å². The van der Waals surface area contributed by atoms with Gasteiger partial charge in [0.25, 0.3) is 0 Å². The summed E-state index contributed by atoms with van der Waals surface area (Å²) in [6.07, 6.45) is 3.43. The number of aryl methyl sites for hydroxylation is 1. The summed E-state index contributed by atoms with van der Waals surface area (Å²) in [6.45, 7) is 0. The van der Waals surface area contributed by atoms with Gasteiger partial charge in [-0.2, -0.15) is 10.1 Å². The minimum absolute atomic E-state index is 0.0688. The Bertz CT molecular complexity index is 495. The highest BCUT2D eigenvalue weighted by atomic mass is 35.5. The molecule has 2 N–H and O–H groups in total. The molecule has 0 radical (unpaired) electrons. The van der Waals surface area contributed by atoms with E-state index in [1.54, 1.807) is 0 Å². The molecule has 1 aromatic heterocycles. The third-order valence-corrected chi connectivity index (χ3v) is 2.71. The van der Waals surface area contributed by atoms with Crippen molar-refractivity contribution in [1.82, 2.24) is 15.2 Å². The second kappa shape index (κ2) is 6.16. The van der Waals surface area contributed by atoms with Gasteiger partial charge in [-0.05, 0) is 30.5 Å². The van der Waals surface area contributed by atoms with Crippen LogP contribution in [0.1, 0.15) is 18.4 Å². The normalized spacial score (nSPS) is 10.3. The number of hydrogen-bond donors (Lipinski definition) is 2. The average Bonchev–Trinajstić information content (AvgIpc) is 2.84. The van der Waals surface area contributed by atoms with Gasteiger partial charge in [0.1, 0.15) is 6.33 Å². The molecular weight excluding hydrogens is 252 g/mol. The zero-order chi connectivity index (χ0) is 12.8. The summed E-state index contributed by atoms with van der Waals surface area (Å²) in [7, 11) is 0. The molecule has 6 heteroatoms. The van der Waals surface area contributed by atoms with Gasteiger partial charge in [0.15, 0.2) is 0 Å². The zero-order valence-corrected chi connectivity index (χ0v) is 10.4. The molecule has 94 valence electrons. The summed E-state index contributed by atoms with van der Waals surface area (Å²) < 4.78 is 0. The second-order valence-corrected chi connectivity index (χ2v) is 4.30. The van der Waals surface area contributed by atoms with E-state index in [-0.39, 0.29) is 5.91 Å². The SMILES string of the molecule is O=C(CCCc1ccc(Cl)cc1)Nc1ncn[nH]1. The molecule has 18 heavy (non-hydrogen) atoms. The van der Waals surface area contributed by atoms with E-state index in [1.807, 2.05) is 24.3 Å². The minimum Gasteiger partial charge on any atom is -0.295 e. The zero-order valence-electron chi connectivity index (χ0n) is 9.69. The Morgan fingerprint density at radius 1 is 1.33 bits per heavy atom. The maximum atomic E-state index is 11.5. The van der Waals surface area contributed by atoms with Crippen LogP contribution in [0.15, 0.2) is 30.6 Å². The van der Waals surface area contributed by atoms with E-state index >= 15 is 0 Å². The van der Waals surface area contributed by atoms with Gasteiger partial charge in [-0.15, -0.1) is 0 Å². The smallest absolute Gasteiger partial charge is 0.226 e. The van der Waals surface area contributed by atoms with Crippen molar-refractivity contribution in [2.24, 2.45) is 0 Å². The molecule has 0 unspecified atom stereocenters. The van der Waals surface area contributed by atoms with Crippen LogP contribution < -0.4 is 5.32 Å². The molecule has 0 atom stereocenters. The van der Waals surface area contributed by atoms with Crippen molar-refractivity contribution in [1.29, 1.82) is 0 Å². The summed E-state index contributed by atoms with van der Waals surface area (Å²) in [6, 6.07) is 7.64. The standard InChI is InChI=1S/C12H13ClN4O/c13-10-6-4-9(5-7-10)2-1-3-11(18)16-12-14-8-15-17-12/h4-8H,1-3H2,(H2,14,15,16,17,18). The van der Waals surface area contributed by atoms with Crippen LogP contribution in [0.25, 0.3) is 0 Å². The van der Waals surface area contributed by atoms with Crippen LogP contribution >= 0.6 is 11.6 Å². The fourth-order valence-electron chi connectivity index (χ4n) is 1.56. The highest BCUT2D eigenvalue weighted by Crippen LogP contribution is 2.11. The third kappa shape index (κ3) is 3.85. The Kier molecular flexibility index (Phi) is 4.30. The second-order valence-electron chi connectivity index (χ2n) is 3.86. The first-order valence-electron chi connectivity index (χ1n) is 5.64. The average molecular weight is 265 g/mol. The number of rotatable bonds is 5. The predicted molar refractivity (Wildman–Crippen MR) is 69.4 cm³/mol. The number of aromatic amines is 1. The Labute approximate surface area is 110 Å². The van der Waals surface area contributed by atoms with Crippen molar-refractivity contribution < 1.29 is 4.79 Å². The van der Waals surface area contributed by atoms with E-state index in [0.717, 1.165) is 17.9 Å². The number of amides is 1. The highest BCUT2D eigenvalue weighted by Gasteiger charge is 2.04. The van der Waals surface area contributed by atoms with E-state index in [0.29, 0.717) is 12.4 Å². The number of benzene rings is 1. The van der Waals surface area contributed by atoms with Crippen molar-refractivity contribution >= 4 is 23.5 Å². The van der Waals surface area contributed by atoms with Crippen molar-refractivity contribution in [3.63, 3.8) is 0 Å². The van der Waals surface area contributed by atoms with E-state index in [2.05, 4.69) is 20.5 Å². The number of anilines is 1. The number of hydrogen-bond acceptors (Lipinski definition) is 3. The monoisotopic (exact) mass is 264 g/mol. The molecular formula is C12H13ClN4O. The molecule has 0 fully saturated rings. The first-order chi connectivity index (χ1) is 8.74. The third-order valence-electron chi connectivity index (χ3n) is 2.46. The van der Waals surface area contributed by atoms with Gasteiger partial charge < -0.3 is 0 Å². The Balaban J connectivity index is 1.72. The van der Waals surface area contributed by atoms with Crippen LogP contribution in [-0.4, -0.2) is 21.1 Å². The largest absolute Gasteiger partial charge is 0.295 e.